The van der Waals surface area contributed by atoms with Crippen LogP contribution in [0.4, 0.5) is 15.8 Å². The molecule has 1 aromatic heterocycles. The number of benzene rings is 3. The summed E-state index contributed by atoms with van der Waals surface area (Å²) in [5, 5.41) is 2.56. The predicted molar refractivity (Wildman–Crippen MR) is 207 cm³/mol. The molecule has 3 unspecified atom stereocenters. The average Bonchev–Trinajstić information content (AvgIpc) is 3.42. The lowest BCUT2D eigenvalue weighted by atomic mass is 9.93. The zero-order chi connectivity index (χ0) is 39.4. The maximum absolute atomic E-state index is 15.7. The van der Waals surface area contributed by atoms with Gasteiger partial charge in [-0.25, -0.2) is 9.37 Å². The van der Waals surface area contributed by atoms with E-state index in [1.807, 2.05) is 17.0 Å². The van der Waals surface area contributed by atoms with Crippen LogP contribution in [0.1, 0.15) is 60.2 Å². The van der Waals surface area contributed by atoms with Crippen LogP contribution in [-0.4, -0.2) is 108 Å². The second-order valence-electron chi connectivity index (χ2n) is 15.2. The largest absolute Gasteiger partial charge is 0.497 e. The van der Waals surface area contributed by atoms with Crippen LogP contribution in [0, 0.1) is 11.7 Å². The van der Waals surface area contributed by atoms with Crippen LogP contribution in [0.5, 0.6) is 11.5 Å². The van der Waals surface area contributed by atoms with Crippen molar-refractivity contribution in [3.05, 3.63) is 75.8 Å². The summed E-state index contributed by atoms with van der Waals surface area (Å²) >= 11 is 0. The minimum absolute atomic E-state index is 0.0146. The molecule has 0 radical (unpaired) electrons. The highest BCUT2D eigenvalue weighted by Crippen LogP contribution is 2.35. The van der Waals surface area contributed by atoms with E-state index in [1.165, 1.54) is 13.2 Å². The summed E-state index contributed by atoms with van der Waals surface area (Å²) in [7, 11) is 3.06. The summed E-state index contributed by atoms with van der Waals surface area (Å²) in [5.74, 6) is -1.21. The summed E-state index contributed by atoms with van der Waals surface area (Å²) in [6.07, 6.45) is 2.09. The van der Waals surface area contributed by atoms with Crippen molar-refractivity contribution in [3.63, 3.8) is 0 Å². The van der Waals surface area contributed by atoms with Gasteiger partial charge in [0, 0.05) is 74.6 Å². The topological polar surface area (TPSA) is 157 Å². The number of carbonyl (C=O) groups is 4. The van der Waals surface area contributed by atoms with E-state index in [-0.39, 0.29) is 47.3 Å². The first-order valence-corrected chi connectivity index (χ1v) is 19.0. The van der Waals surface area contributed by atoms with Gasteiger partial charge in [0.05, 0.1) is 36.6 Å². The number of hydrogen-bond acceptors (Lipinski definition) is 11. The van der Waals surface area contributed by atoms with E-state index in [9.17, 15) is 24.0 Å². The second-order valence-corrected chi connectivity index (χ2v) is 15.2. The van der Waals surface area contributed by atoms with Crippen molar-refractivity contribution in [1.82, 2.24) is 25.1 Å². The van der Waals surface area contributed by atoms with Gasteiger partial charge < -0.3 is 24.3 Å². The molecule has 3 aromatic carbocycles. The van der Waals surface area contributed by atoms with Crippen LogP contribution in [0.15, 0.2) is 53.3 Å². The molecule has 5 heterocycles. The van der Waals surface area contributed by atoms with Crippen molar-refractivity contribution < 1.29 is 33.0 Å². The predicted octanol–water partition coefficient (Wildman–Crippen LogP) is 3.96. The first-order valence-electron chi connectivity index (χ1n) is 19.0. The van der Waals surface area contributed by atoms with Crippen LogP contribution in [0.25, 0.3) is 22.3 Å². The number of nitrogens with zero attached hydrogens (tertiary/aromatic N) is 5. The highest BCUT2D eigenvalue weighted by molar-refractivity contribution is 6.23. The number of aromatic nitrogens is 2. The molecule has 0 bridgehead atoms. The fourth-order valence-electron chi connectivity index (χ4n) is 8.76. The molecule has 56 heavy (non-hydrogen) atoms. The monoisotopic (exact) mass is 765 g/mol. The maximum atomic E-state index is 15.7. The van der Waals surface area contributed by atoms with Crippen LogP contribution in [0.3, 0.4) is 0 Å². The summed E-state index contributed by atoms with van der Waals surface area (Å²) in [6, 6.07) is 13.1. The molecular formula is C41H44FN7O7. The summed E-state index contributed by atoms with van der Waals surface area (Å²) in [5.41, 5.74) is 2.36. The standard InChI is InChI=1S/C41H44FN7O7/c1-22-19-47(33-18-29-28(17-30(33)42)40(53)49(41(29)54)32-9-10-35(50)44-38(32)51)20-23(2)48(22)21-24-11-13-46(14-12-24)26-7-5-25(6-8-26)37-43-31-15-27(55-3)16-34(56-4)36(31)39(52)45-37/h5-8,15-18,22-24,32H,9-14,19-21H2,1-4H3,(H,43,45,52)(H,44,50,51). The number of hydrogen-bond donors (Lipinski definition) is 2. The zero-order valence-electron chi connectivity index (χ0n) is 31.8. The fraction of sp³-hybridized carbons (Fsp3) is 0.415. The summed E-state index contributed by atoms with van der Waals surface area (Å²) < 4.78 is 26.4. The number of imide groups is 2. The Morgan fingerprint density at radius 2 is 1.52 bits per heavy atom. The van der Waals surface area contributed by atoms with E-state index in [0.717, 1.165) is 54.7 Å². The first kappa shape index (κ1) is 37.1. The van der Waals surface area contributed by atoms with Gasteiger partial charge in [-0.2, -0.15) is 0 Å². The Bertz CT molecular complexity index is 2290. The molecule has 0 spiro atoms. The molecule has 4 amide bonds. The quantitative estimate of drug-likeness (QED) is 0.250. The van der Waals surface area contributed by atoms with Crippen LogP contribution in [0.2, 0.25) is 0 Å². The van der Waals surface area contributed by atoms with E-state index in [4.69, 9.17) is 14.5 Å². The van der Waals surface area contributed by atoms with E-state index < -0.39 is 35.5 Å². The average molecular weight is 766 g/mol. The number of aromatic amines is 1. The van der Waals surface area contributed by atoms with Crippen molar-refractivity contribution in [2.24, 2.45) is 5.92 Å². The Balaban J connectivity index is 0.885. The molecule has 4 aliphatic heterocycles. The molecule has 292 valence electrons. The van der Waals surface area contributed by atoms with Gasteiger partial charge in [0.15, 0.2) is 0 Å². The van der Waals surface area contributed by atoms with Gasteiger partial charge in [-0.15, -0.1) is 0 Å². The lowest BCUT2D eigenvalue weighted by Crippen LogP contribution is -2.58. The van der Waals surface area contributed by atoms with E-state index >= 15 is 4.39 Å². The number of fused-ring (bicyclic) bond motifs is 2. The van der Waals surface area contributed by atoms with E-state index in [1.54, 1.807) is 19.2 Å². The number of methoxy groups -OCH3 is 2. The minimum Gasteiger partial charge on any atom is -0.497 e. The molecule has 3 atom stereocenters. The van der Waals surface area contributed by atoms with E-state index in [0.29, 0.717) is 47.2 Å². The number of amides is 4. The van der Waals surface area contributed by atoms with Gasteiger partial charge in [-0.3, -0.25) is 39.1 Å². The molecule has 4 aliphatic rings. The summed E-state index contributed by atoms with van der Waals surface area (Å²) in [4.78, 5) is 79.0. The molecule has 8 rings (SSSR count). The number of piperidine rings is 2. The Labute approximate surface area is 322 Å². The molecule has 14 nitrogen and oxygen atoms in total. The maximum Gasteiger partial charge on any atom is 0.262 e. The first-order chi connectivity index (χ1) is 26.9. The molecule has 3 fully saturated rings. The third kappa shape index (κ3) is 6.63. The molecule has 0 aliphatic carbocycles. The third-order valence-electron chi connectivity index (χ3n) is 11.7. The Hall–Kier alpha value is -5.83. The number of nitrogens with one attached hydrogen (secondary N) is 2. The number of piperazine rings is 1. The smallest absolute Gasteiger partial charge is 0.262 e. The number of ether oxygens (including phenoxy) is 2. The lowest BCUT2D eigenvalue weighted by molar-refractivity contribution is -0.136. The normalized spacial score (nSPS) is 22.2. The molecule has 3 saturated heterocycles. The zero-order valence-corrected chi connectivity index (χ0v) is 31.8. The molecular weight excluding hydrogens is 721 g/mol. The number of H-pyrrole nitrogens is 1. The Morgan fingerprint density at radius 1 is 0.839 bits per heavy atom. The Morgan fingerprint density at radius 3 is 2.16 bits per heavy atom. The Kier molecular flexibility index (Phi) is 9.73. The molecule has 4 aromatic rings. The van der Waals surface area contributed by atoms with Crippen molar-refractivity contribution in [2.45, 2.75) is 57.7 Å². The SMILES string of the molecule is COc1cc(OC)c2c(=O)[nH]c(-c3ccc(N4CCC(CN5C(C)CN(c6cc7c(cc6F)C(=O)N(C6CCC(=O)NC6=O)C7=O)CC5C)CC4)cc3)nc2c1. The highest BCUT2D eigenvalue weighted by Gasteiger charge is 2.45. The number of carbonyl (C=O) groups excluding carboxylic acids is 4. The van der Waals surface area contributed by atoms with Gasteiger partial charge >= 0.3 is 0 Å². The molecule has 0 saturated carbocycles. The minimum atomic E-state index is -1.11. The fourth-order valence-corrected chi connectivity index (χ4v) is 8.76. The number of rotatable bonds is 8. The van der Waals surface area contributed by atoms with E-state index in [2.05, 4.69) is 46.1 Å². The summed E-state index contributed by atoms with van der Waals surface area (Å²) in [6.45, 7) is 8.08. The van der Waals surface area contributed by atoms with Crippen LogP contribution < -0.4 is 30.1 Å². The van der Waals surface area contributed by atoms with Gasteiger partial charge in [0.2, 0.25) is 11.8 Å². The third-order valence-corrected chi connectivity index (χ3v) is 11.7. The van der Waals surface area contributed by atoms with Gasteiger partial charge in [0.1, 0.15) is 34.6 Å². The van der Waals surface area contributed by atoms with Gasteiger partial charge in [0.25, 0.3) is 17.4 Å². The van der Waals surface area contributed by atoms with Crippen molar-refractivity contribution >= 4 is 45.9 Å². The number of halogens is 1. The van der Waals surface area contributed by atoms with Gasteiger partial charge in [-0.1, -0.05) is 0 Å². The number of anilines is 2. The molecule has 15 heteroatoms. The van der Waals surface area contributed by atoms with Crippen molar-refractivity contribution in [3.8, 4) is 22.9 Å². The highest BCUT2D eigenvalue weighted by atomic mass is 19.1. The molecule has 2 N–H and O–H groups in total. The van der Waals surface area contributed by atoms with Gasteiger partial charge in [-0.05, 0) is 75.4 Å². The van der Waals surface area contributed by atoms with Crippen LogP contribution in [-0.2, 0) is 9.59 Å². The van der Waals surface area contributed by atoms with Crippen LogP contribution >= 0.6 is 0 Å². The second kappa shape index (κ2) is 14.7. The van der Waals surface area contributed by atoms with Crippen molar-refractivity contribution in [1.29, 1.82) is 0 Å². The van der Waals surface area contributed by atoms with Crippen molar-refractivity contribution in [2.75, 3.05) is 56.7 Å². The lowest BCUT2D eigenvalue weighted by Gasteiger charge is -2.47.